The van der Waals surface area contributed by atoms with E-state index < -0.39 is 16.1 Å². The lowest BCUT2D eigenvalue weighted by Crippen LogP contribution is -2.50. The van der Waals surface area contributed by atoms with E-state index in [1.54, 1.807) is 41.3 Å². The topological polar surface area (TPSA) is 86.8 Å². The number of carbonyl (C=O) groups is 2. The van der Waals surface area contributed by atoms with Crippen molar-refractivity contribution in [1.29, 1.82) is 0 Å². The first-order valence-corrected chi connectivity index (χ1v) is 17.0. The Morgan fingerprint density at radius 3 is 2.41 bits per heavy atom. The standard InChI is InChI=1S/C34H35Cl2N3O4S/c1-2-3-19-37-34(41)30(21-24-10-5-4-6-11-24)38(23-26-17-18-27(35)22-28(26)36)32(40)16-9-20-39-29-14-7-12-25-13-8-15-31(33(25)29)44(39,42)43/h4-8,10-15,17-18,22,30H,2-3,9,16,19-21,23H2,1H3,(H,37,41)/t30-/m0/s1. The van der Waals surface area contributed by atoms with Crippen molar-refractivity contribution in [2.24, 2.45) is 0 Å². The number of halogens is 2. The number of hydrogen-bond donors (Lipinski definition) is 1. The van der Waals surface area contributed by atoms with E-state index in [2.05, 4.69) is 5.32 Å². The van der Waals surface area contributed by atoms with Gasteiger partial charge in [0, 0.05) is 47.9 Å². The number of amides is 2. The molecule has 4 aromatic carbocycles. The minimum atomic E-state index is -3.74. The van der Waals surface area contributed by atoms with Gasteiger partial charge in [-0.25, -0.2) is 8.42 Å². The van der Waals surface area contributed by atoms with Crippen molar-refractivity contribution in [3.8, 4) is 0 Å². The van der Waals surface area contributed by atoms with Crippen molar-refractivity contribution >= 4 is 61.5 Å². The average molecular weight is 653 g/mol. The Bertz CT molecular complexity index is 1760. The van der Waals surface area contributed by atoms with Gasteiger partial charge < -0.3 is 10.2 Å². The molecule has 1 heterocycles. The molecule has 0 spiro atoms. The van der Waals surface area contributed by atoms with E-state index in [1.165, 1.54) is 4.31 Å². The molecule has 1 atom stereocenters. The summed E-state index contributed by atoms with van der Waals surface area (Å²) in [5, 5.41) is 5.43. The number of anilines is 1. The van der Waals surface area contributed by atoms with Crippen LogP contribution in [0.15, 0.2) is 89.8 Å². The number of nitrogens with zero attached hydrogens (tertiary/aromatic N) is 2. The SMILES string of the molecule is CCCCNC(=O)[C@H](Cc1ccccc1)N(Cc1ccc(Cl)cc1Cl)C(=O)CCCN1c2cccc3cccc(c23)S1(=O)=O. The molecule has 0 radical (unpaired) electrons. The summed E-state index contributed by atoms with van der Waals surface area (Å²) in [4.78, 5) is 29.5. The Balaban J connectivity index is 1.40. The summed E-state index contributed by atoms with van der Waals surface area (Å²) in [6, 6.07) is 24.6. The third kappa shape index (κ3) is 6.88. The molecule has 0 unspecified atom stereocenters. The normalized spacial score (nSPS) is 14.0. The number of sulfonamides is 1. The molecule has 0 bridgehead atoms. The zero-order valence-electron chi connectivity index (χ0n) is 24.5. The van der Waals surface area contributed by atoms with Gasteiger partial charge in [0.15, 0.2) is 0 Å². The van der Waals surface area contributed by atoms with Crippen LogP contribution in [-0.2, 0) is 32.6 Å². The Morgan fingerprint density at radius 1 is 0.932 bits per heavy atom. The Hall–Kier alpha value is -3.59. The van der Waals surface area contributed by atoms with Gasteiger partial charge in [0.2, 0.25) is 11.8 Å². The number of nitrogens with one attached hydrogen (secondary N) is 1. The van der Waals surface area contributed by atoms with E-state index in [1.807, 2.05) is 55.5 Å². The molecule has 44 heavy (non-hydrogen) atoms. The predicted octanol–water partition coefficient (Wildman–Crippen LogP) is 6.99. The summed E-state index contributed by atoms with van der Waals surface area (Å²) >= 11 is 12.7. The summed E-state index contributed by atoms with van der Waals surface area (Å²) in [5.41, 5.74) is 2.19. The molecular weight excluding hydrogens is 617 g/mol. The second-order valence-corrected chi connectivity index (χ2v) is 13.6. The van der Waals surface area contributed by atoms with Crippen LogP contribution < -0.4 is 9.62 Å². The first-order valence-electron chi connectivity index (χ1n) is 14.8. The second kappa shape index (κ2) is 14.0. The molecule has 1 N–H and O–H groups in total. The zero-order valence-corrected chi connectivity index (χ0v) is 26.8. The van der Waals surface area contributed by atoms with Crippen molar-refractivity contribution in [2.45, 2.75) is 56.5 Å². The van der Waals surface area contributed by atoms with E-state index in [0.29, 0.717) is 39.6 Å². The third-order valence-electron chi connectivity index (χ3n) is 7.89. The highest BCUT2D eigenvalue weighted by Crippen LogP contribution is 2.42. The highest BCUT2D eigenvalue weighted by molar-refractivity contribution is 7.93. The van der Waals surface area contributed by atoms with Gasteiger partial charge in [-0.2, -0.15) is 0 Å². The summed E-state index contributed by atoms with van der Waals surface area (Å²) < 4.78 is 28.3. The number of benzene rings is 4. The maximum atomic E-state index is 14.0. The van der Waals surface area contributed by atoms with Crippen molar-refractivity contribution in [3.63, 3.8) is 0 Å². The molecule has 0 saturated heterocycles. The third-order valence-corrected chi connectivity index (χ3v) is 10.3. The fourth-order valence-electron chi connectivity index (χ4n) is 5.61. The first-order chi connectivity index (χ1) is 21.2. The number of carbonyl (C=O) groups excluding carboxylic acids is 2. The van der Waals surface area contributed by atoms with Gasteiger partial charge >= 0.3 is 0 Å². The summed E-state index contributed by atoms with van der Waals surface area (Å²) in [7, 11) is -3.74. The lowest BCUT2D eigenvalue weighted by atomic mass is 10.0. The summed E-state index contributed by atoms with van der Waals surface area (Å²) in [5.74, 6) is -0.514. The number of unbranched alkanes of at least 4 members (excludes halogenated alkanes) is 1. The van der Waals surface area contributed by atoms with E-state index in [-0.39, 0.29) is 42.6 Å². The van der Waals surface area contributed by atoms with E-state index in [9.17, 15) is 18.0 Å². The molecule has 0 saturated carbocycles. The van der Waals surface area contributed by atoms with Crippen LogP contribution in [-0.4, -0.2) is 44.3 Å². The lowest BCUT2D eigenvalue weighted by Gasteiger charge is -2.32. The molecule has 1 aliphatic rings. The second-order valence-electron chi connectivity index (χ2n) is 10.9. The van der Waals surface area contributed by atoms with Crippen LogP contribution in [0.1, 0.15) is 43.7 Å². The van der Waals surface area contributed by atoms with Crippen LogP contribution in [0.25, 0.3) is 10.8 Å². The fraction of sp³-hybridized carbons (Fsp3) is 0.294. The maximum absolute atomic E-state index is 14.0. The molecule has 7 nitrogen and oxygen atoms in total. The van der Waals surface area contributed by atoms with E-state index >= 15 is 0 Å². The molecule has 5 rings (SSSR count). The van der Waals surface area contributed by atoms with Crippen molar-refractivity contribution in [3.05, 3.63) is 106 Å². The lowest BCUT2D eigenvalue weighted by molar-refractivity contribution is -0.141. The molecule has 230 valence electrons. The molecule has 10 heteroatoms. The van der Waals surface area contributed by atoms with Crippen LogP contribution in [0.2, 0.25) is 10.0 Å². The first kappa shape index (κ1) is 31.8. The fourth-order valence-corrected chi connectivity index (χ4v) is 7.83. The van der Waals surface area contributed by atoms with E-state index in [0.717, 1.165) is 23.8 Å². The number of hydrogen-bond acceptors (Lipinski definition) is 4. The van der Waals surface area contributed by atoms with Gasteiger partial charge in [0.1, 0.15) is 6.04 Å². The molecule has 0 fully saturated rings. The molecule has 1 aliphatic heterocycles. The van der Waals surface area contributed by atoms with Gasteiger partial charge in [0.05, 0.1) is 10.6 Å². The monoisotopic (exact) mass is 651 g/mol. The molecule has 0 aromatic heterocycles. The van der Waals surface area contributed by atoms with E-state index in [4.69, 9.17) is 23.2 Å². The quantitative estimate of drug-likeness (QED) is 0.158. The summed E-state index contributed by atoms with van der Waals surface area (Å²) in [6.45, 7) is 2.78. The van der Waals surface area contributed by atoms with Crippen LogP contribution in [0.4, 0.5) is 5.69 Å². The van der Waals surface area contributed by atoms with Crippen molar-refractivity contribution in [1.82, 2.24) is 10.2 Å². The largest absolute Gasteiger partial charge is 0.354 e. The Kier molecular flexibility index (Phi) is 10.1. The van der Waals surface area contributed by atoms with Gasteiger partial charge in [0.25, 0.3) is 10.0 Å². The smallest absolute Gasteiger partial charge is 0.265 e. The number of rotatable bonds is 13. The van der Waals surface area contributed by atoms with Crippen LogP contribution in [0.5, 0.6) is 0 Å². The highest BCUT2D eigenvalue weighted by atomic mass is 35.5. The van der Waals surface area contributed by atoms with Gasteiger partial charge in [-0.3, -0.25) is 13.9 Å². The Labute approximate surface area is 268 Å². The van der Waals surface area contributed by atoms with Gasteiger partial charge in [-0.1, -0.05) is 97.2 Å². The molecule has 4 aromatic rings. The minimum absolute atomic E-state index is 0.0388. The molecule has 0 aliphatic carbocycles. The highest BCUT2D eigenvalue weighted by Gasteiger charge is 2.36. The minimum Gasteiger partial charge on any atom is -0.354 e. The maximum Gasteiger partial charge on any atom is 0.265 e. The Morgan fingerprint density at radius 2 is 1.68 bits per heavy atom. The zero-order chi connectivity index (χ0) is 31.3. The molecular formula is C34H35Cl2N3O4S. The molecule has 2 amide bonds. The van der Waals surface area contributed by atoms with Crippen molar-refractivity contribution < 1.29 is 18.0 Å². The van der Waals surface area contributed by atoms with Crippen LogP contribution in [0, 0.1) is 0 Å². The van der Waals surface area contributed by atoms with Crippen LogP contribution in [0.3, 0.4) is 0 Å². The van der Waals surface area contributed by atoms with Gasteiger partial charge in [-0.15, -0.1) is 0 Å². The predicted molar refractivity (Wildman–Crippen MR) is 177 cm³/mol. The average Bonchev–Trinajstić information content (AvgIpc) is 3.23. The summed E-state index contributed by atoms with van der Waals surface area (Å²) in [6.07, 6.45) is 2.36. The van der Waals surface area contributed by atoms with Gasteiger partial charge in [-0.05, 0) is 53.6 Å². The van der Waals surface area contributed by atoms with Crippen molar-refractivity contribution in [2.75, 3.05) is 17.4 Å². The van der Waals surface area contributed by atoms with Crippen LogP contribution >= 0.6 is 23.2 Å².